The van der Waals surface area contributed by atoms with E-state index in [0.717, 1.165) is 43.7 Å². The molecule has 40 heavy (non-hydrogen) atoms. The van der Waals surface area contributed by atoms with E-state index in [-0.39, 0.29) is 33.2 Å². The molecule has 0 radical (unpaired) electrons. The van der Waals surface area contributed by atoms with E-state index in [9.17, 15) is 4.79 Å². The molecule has 0 aromatic heterocycles. The van der Waals surface area contributed by atoms with Gasteiger partial charge in [-0.15, -0.1) is 0 Å². The lowest BCUT2D eigenvalue weighted by atomic mass is 9.34. The van der Waals surface area contributed by atoms with Gasteiger partial charge in [0.1, 0.15) is 0 Å². The Hall–Kier alpha value is -2.47. The number of carbonyl (C=O) groups excluding carboxylic acids is 1. The first-order valence-electron chi connectivity index (χ1n) is 15.3. The van der Waals surface area contributed by atoms with Crippen molar-refractivity contribution in [1.29, 1.82) is 0 Å². The van der Waals surface area contributed by atoms with Gasteiger partial charge in [-0.25, -0.2) is 4.79 Å². The predicted molar refractivity (Wildman–Crippen MR) is 161 cm³/mol. The van der Waals surface area contributed by atoms with Crippen molar-refractivity contribution < 1.29 is 14.3 Å². The Morgan fingerprint density at radius 3 is 2.58 bits per heavy atom. The Balaban J connectivity index is 1.34. The smallest absolute Gasteiger partial charge is 0.315 e. The molecule has 1 aliphatic heterocycles. The molecular weight excluding hydrogens is 498 g/mol. The van der Waals surface area contributed by atoms with Gasteiger partial charge >= 0.3 is 6.03 Å². The monoisotopic (exact) mass is 547 g/mol. The molecule has 2 saturated carbocycles. The number of urea groups is 1. The van der Waals surface area contributed by atoms with E-state index in [1.54, 1.807) is 0 Å². The predicted octanol–water partition coefficient (Wildman–Crippen LogP) is 6.78. The average Bonchev–Trinajstić information content (AvgIpc) is 3.36. The van der Waals surface area contributed by atoms with Crippen LogP contribution in [0.3, 0.4) is 0 Å². The molecule has 0 unspecified atom stereocenters. The molecule has 4 aliphatic carbocycles. The molecule has 218 valence electrons. The highest BCUT2D eigenvalue weighted by molar-refractivity contribution is 5.88. The number of hydrogen-bond acceptors (Lipinski definition) is 4. The third kappa shape index (κ3) is 3.80. The Morgan fingerprint density at radius 1 is 1.07 bits per heavy atom. The third-order valence-electron chi connectivity index (χ3n) is 12.5. The molecule has 1 heterocycles. The molecule has 0 bridgehead atoms. The molecule has 2 N–H and O–H groups in total. The molecule has 0 spiro atoms. The second kappa shape index (κ2) is 9.01. The Bertz CT molecular complexity index is 1300. The number of rotatable bonds is 4. The van der Waals surface area contributed by atoms with Crippen molar-refractivity contribution in [1.82, 2.24) is 15.5 Å². The summed E-state index contributed by atoms with van der Waals surface area (Å²) in [4.78, 5) is 15.0. The number of carbonyl (C=O) groups is 1. The lowest BCUT2D eigenvalue weighted by Gasteiger charge is -2.70. The van der Waals surface area contributed by atoms with Crippen molar-refractivity contribution >= 4 is 17.7 Å². The van der Waals surface area contributed by atoms with E-state index in [4.69, 9.17) is 9.47 Å². The number of nitrogens with one attached hydrogen (secondary N) is 2. The highest BCUT2D eigenvalue weighted by Crippen LogP contribution is 2.75. The van der Waals surface area contributed by atoms with Crippen LogP contribution in [0.25, 0.3) is 11.6 Å². The molecule has 6 nitrogen and oxygen atoms in total. The average molecular weight is 548 g/mol. The minimum atomic E-state index is -0.206. The van der Waals surface area contributed by atoms with Crippen LogP contribution in [-0.4, -0.2) is 50.4 Å². The quantitative estimate of drug-likeness (QED) is 0.436. The summed E-state index contributed by atoms with van der Waals surface area (Å²) in [7, 11) is 4.06. The highest BCUT2D eigenvalue weighted by atomic mass is 16.7. The van der Waals surface area contributed by atoms with Gasteiger partial charge in [0.15, 0.2) is 11.5 Å². The molecule has 2 fully saturated rings. The maximum Gasteiger partial charge on any atom is 0.315 e. The number of ether oxygens (including phenoxy) is 2. The van der Waals surface area contributed by atoms with E-state index < -0.39 is 0 Å². The SMILES string of the molecule is Cc1c2c(cc3c1OCO3)C1=CC[C@@]3(C)[C@@H]4C[C@](C)(NC(=O)NCCN(C)C)CC[C@]4(C)CC[C@]3(C)[C@]1(C)C=C2. The summed E-state index contributed by atoms with van der Waals surface area (Å²) in [6.07, 6.45) is 14.1. The summed E-state index contributed by atoms with van der Waals surface area (Å²) in [6.45, 7) is 16.4. The van der Waals surface area contributed by atoms with Crippen molar-refractivity contribution in [2.75, 3.05) is 34.0 Å². The second-order valence-corrected chi connectivity index (χ2v) is 15.0. The lowest BCUT2D eigenvalue weighted by molar-refractivity contribution is -0.171. The van der Waals surface area contributed by atoms with Crippen molar-refractivity contribution in [2.45, 2.75) is 85.6 Å². The Labute approximate surface area is 240 Å². The van der Waals surface area contributed by atoms with Crippen molar-refractivity contribution in [3.63, 3.8) is 0 Å². The van der Waals surface area contributed by atoms with Crippen molar-refractivity contribution in [2.24, 2.45) is 27.6 Å². The Morgan fingerprint density at radius 2 is 1.82 bits per heavy atom. The lowest BCUT2D eigenvalue weighted by Crippen LogP contribution is -2.65. The fourth-order valence-electron chi connectivity index (χ4n) is 9.48. The van der Waals surface area contributed by atoms with Crippen LogP contribution in [0.1, 0.15) is 89.8 Å². The van der Waals surface area contributed by atoms with Gasteiger partial charge < -0.3 is 25.0 Å². The number of allylic oxidation sites excluding steroid dienone is 3. The highest BCUT2D eigenvalue weighted by Gasteiger charge is 2.67. The molecule has 0 saturated heterocycles. The maximum atomic E-state index is 12.9. The number of benzene rings is 1. The van der Waals surface area contributed by atoms with E-state index in [2.05, 4.69) is 81.4 Å². The van der Waals surface area contributed by atoms with Gasteiger partial charge in [0.05, 0.1) is 0 Å². The minimum Gasteiger partial charge on any atom is -0.454 e. The van der Waals surface area contributed by atoms with E-state index in [1.807, 2.05) is 14.1 Å². The van der Waals surface area contributed by atoms with Gasteiger partial charge in [-0.2, -0.15) is 0 Å². The van der Waals surface area contributed by atoms with Crippen LogP contribution < -0.4 is 20.1 Å². The first-order valence-corrected chi connectivity index (χ1v) is 15.3. The molecule has 6 heteroatoms. The van der Waals surface area contributed by atoms with Gasteiger partial charge in [-0.1, -0.05) is 45.9 Å². The maximum absolute atomic E-state index is 12.9. The van der Waals surface area contributed by atoms with Gasteiger partial charge in [-0.05, 0) is 111 Å². The molecule has 1 aromatic carbocycles. The summed E-state index contributed by atoms with van der Waals surface area (Å²) in [5.41, 5.74) is 5.40. The standard InChI is InChI=1S/C34H49N3O3/c1-22-23-9-11-32(4)25(24(23)19-26-28(22)40-21-39-26)10-12-33(5)27-20-31(3,36-29(38)35-17-18-37(7)8)15-13-30(27,2)14-16-34(32,33)6/h9-11,19,27H,12-18,20-21H2,1-8H3,(H2,35,36,38)/t27-,30-,31-,32-,33+,34-/m1/s1. The zero-order valence-corrected chi connectivity index (χ0v) is 25.9. The van der Waals surface area contributed by atoms with Gasteiger partial charge in [0.25, 0.3) is 0 Å². The van der Waals surface area contributed by atoms with Crippen molar-refractivity contribution in [3.05, 3.63) is 34.9 Å². The van der Waals surface area contributed by atoms with E-state index in [0.29, 0.717) is 19.3 Å². The van der Waals surface area contributed by atoms with Crippen LogP contribution in [0.4, 0.5) is 4.79 Å². The first kappa shape index (κ1) is 27.7. The normalized spacial score (nSPS) is 39.0. The fourth-order valence-corrected chi connectivity index (χ4v) is 9.48. The number of fused-ring (bicyclic) bond motifs is 8. The molecule has 5 aliphatic rings. The van der Waals surface area contributed by atoms with Gasteiger partial charge in [-0.3, -0.25) is 0 Å². The topological polar surface area (TPSA) is 62.8 Å². The van der Waals surface area contributed by atoms with Crippen LogP contribution in [0.5, 0.6) is 11.5 Å². The zero-order chi connectivity index (χ0) is 28.7. The molecule has 2 amide bonds. The van der Waals surface area contributed by atoms with Crippen LogP contribution in [0.2, 0.25) is 0 Å². The molecule has 1 aromatic rings. The van der Waals surface area contributed by atoms with Gasteiger partial charge in [0.2, 0.25) is 6.79 Å². The van der Waals surface area contributed by atoms with Crippen LogP contribution in [0.15, 0.2) is 18.2 Å². The fraction of sp³-hybridized carbons (Fsp3) is 0.676. The first-order chi connectivity index (χ1) is 18.8. The number of hydrogen-bond donors (Lipinski definition) is 2. The van der Waals surface area contributed by atoms with Crippen LogP contribution in [-0.2, 0) is 0 Å². The zero-order valence-electron chi connectivity index (χ0n) is 25.9. The van der Waals surface area contributed by atoms with Crippen LogP contribution >= 0.6 is 0 Å². The summed E-state index contributed by atoms with van der Waals surface area (Å²) < 4.78 is 11.7. The van der Waals surface area contributed by atoms with E-state index in [1.165, 1.54) is 35.1 Å². The summed E-state index contributed by atoms with van der Waals surface area (Å²) in [5, 5.41) is 6.52. The van der Waals surface area contributed by atoms with E-state index >= 15 is 0 Å². The minimum absolute atomic E-state index is 0.0320. The summed E-state index contributed by atoms with van der Waals surface area (Å²) in [5.74, 6) is 2.29. The number of likely N-dealkylation sites (N-methyl/N-ethyl adjacent to an activating group) is 1. The molecule has 6 rings (SSSR count). The van der Waals surface area contributed by atoms with Crippen molar-refractivity contribution in [3.8, 4) is 11.5 Å². The summed E-state index contributed by atoms with van der Waals surface area (Å²) in [6, 6.07) is 2.20. The Kier molecular flexibility index (Phi) is 6.24. The second-order valence-electron chi connectivity index (χ2n) is 15.0. The molecule has 6 atom stereocenters. The third-order valence-corrected chi connectivity index (χ3v) is 12.5. The number of nitrogens with zero attached hydrogens (tertiary/aromatic N) is 1. The molecular formula is C34H49N3O3. The summed E-state index contributed by atoms with van der Waals surface area (Å²) >= 11 is 0. The largest absolute Gasteiger partial charge is 0.454 e. The van der Waals surface area contributed by atoms with Crippen LogP contribution in [0, 0.1) is 34.5 Å². The number of amides is 2. The van der Waals surface area contributed by atoms with Gasteiger partial charge in [0, 0.05) is 29.6 Å².